The van der Waals surface area contributed by atoms with Crippen LogP contribution < -0.4 is 10.2 Å². The fourth-order valence-corrected chi connectivity index (χ4v) is 2.90. The van der Waals surface area contributed by atoms with Crippen molar-refractivity contribution in [3.05, 3.63) is 16.3 Å². The highest BCUT2D eigenvalue weighted by Gasteiger charge is 2.25. The maximum absolute atomic E-state index is 11.6. The summed E-state index contributed by atoms with van der Waals surface area (Å²) in [6, 6.07) is 2.35. The fourth-order valence-electron chi connectivity index (χ4n) is 1.83. The summed E-state index contributed by atoms with van der Waals surface area (Å²) in [6.07, 6.45) is 1.52. The molecule has 0 fully saturated rings. The zero-order valence-electron chi connectivity index (χ0n) is 8.41. The second-order valence-corrected chi connectivity index (χ2v) is 4.45. The van der Waals surface area contributed by atoms with Crippen molar-refractivity contribution in [1.29, 1.82) is 0 Å². The smallest absolute Gasteiger partial charge is 0.226 e. The number of nitrogens with one attached hydrogen (secondary N) is 1. The zero-order valence-corrected chi connectivity index (χ0v) is 9.23. The Labute approximate surface area is 87.7 Å². The lowest BCUT2D eigenvalue weighted by atomic mass is 10.1. The SMILES string of the molecule is CNC1CCC(=O)N(C)c2ccsc21. The number of thiophene rings is 1. The molecule has 1 aliphatic rings. The summed E-state index contributed by atoms with van der Waals surface area (Å²) in [4.78, 5) is 14.7. The van der Waals surface area contributed by atoms with Crippen molar-refractivity contribution in [1.82, 2.24) is 5.32 Å². The van der Waals surface area contributed by atoms with Crippen LogP contribution in [0.1, 0.15) is 23.8 Å². The fraction of sp³-hybridized carbons (Fsp3) is 0.500. The summed E-state index contributed by atoms with van der Waals surface area (Å²) < 4.78 is 0. The third-order valence-electron chi connectivity index (χ3n) is 2.72. The first-order valence-corrected chi connectivity index (χ1v) is 5.63. The summed E-state index contributed by atoms with van der Waals surface area (Å²) in [5.41, 5.74) is 1.07. The number of hydrogen-bond donors (Lipinski definition) is 1. The summed E-state index contributed by atoms with van der Waals surface area (Å²) in [5.74, 6) is 0.211. The minimum Gasteiger partial charge on any atom is -0.314 e. The molecule has 0 saturated heterocycles. The first-order valence-electron chi connectivity index (χ1n) is 4.75. The molecule has 2 rings (SSSR count). The molecule has 0 bridgehead atoms. The largest absolute Gasteiger partial charge is 0.314 e. The van der Waals surface area contributed by atoms with Crippen LogP contribution in [-0.2, 0) is 4.79 Å². The van der Waals surface area contributed by atoms with E-state index in [1.54, 1.807) is 16.2 Å². The third kappa shape index (κ3) is 1.44. The van der Waals surface area contributed by atoms with E-state index in [-0.39, 0.29) is 5.91 Å². The highest BCUT2D eigenvalue weighted by Crippen LogP contribution is 2.36. The van der Waals surface area contributed by atoms with Gasteiger partial charge in [0.05, 0.1) is 5.69 Å². The monoisotopic (exact) mass is 210 g/mol. The van der Waals surface area contributed by atoms with E-state index in [0.717, 1.165) is 12.1 Å². The topological polar surface area (TPSA) is 32.3 Å². The second kappa shape index (κ2) is 3.71. The number of anilines is 1. The predicted molar refractivity (Wildman–Crippen MR) is 58.8 cm³/mol. The van der Waals surface area contributed by atoms with Gasteiger partial charge in [0, 0.05) is 24.4 Å². The molecule has 1 amide bonds. The standard InChI is InChI=1S/C10H14N2OS/c1-11-7-3-4-9(13)12(2)8-5-6-14-10(7)8/h5-7,11H,3-4H2,1-2H3. The minimum absolute atomic E-state index is 0.211. The molecular formula is C10H14N2OS. The number of rotatable bonds is 1. The van der Waals surface area contributed by atoms with Crippen LogP contribution in [0, 0.1) is 0 Å². The van der Waals surface area contributed by atoms with E-state index < -0.39 is 0 Å². The van der Waals surface area contributed by atoms with Crippen molar-refractivity contribution in [3.8, 4) is 0 Å². The van der Waals surface area contributed by atoms with Gasteiger partial charge in [0.25, 0.3) is 0 Å². The van der Waals surface area contributed by atoms with Crippen molar-refractivity contribution in [2.45, 2.75) is 18.9 Å². The van der Waals surface area contributed by atoms with Crippen LogP contribution in [-0.4, -0.2) is 20.0 Å². The Bertz CT molecular complexity index is 348. The number of carbonyl (C=O) groups is 1. The molecule has 0 aliphatic carbocycles. The molecule has 1 unspecified atom stereocenters. The predicted octanol–water partition coefficient (Wildman–Crippen LogP) is 1.77. The molecule has 1 atom stereocenters. The van der Waals surface area contributed by atoms with Crippen molar-refractivity contribution in [2.75, 3.05) is 19.0 Å². The molecule has 76 valence electrons. The Morgan fingerprint density at radius 1 is 1.64 bits per heavy atom. The quantitative estimate of drug-likeness (QED) is 0.766. The van der Waals surface area contributed by atoms with Crippen LogP contribution >= 0.6 is 11.3 Å². The number of nitrogens with zero attached hydrogens (tertiary/aromatic N) is 1. The molecule has 1 aromatic rings. The van der Waals surface area contributed by atoms with Gasteiger partial charge < -0.3 is 10.2 Å². The molecular weight excluding hydrogens is 196 g/mol. The Morgan fingerprint density at radius 3 is 3.14 bits per heavy atom. The zero-order chi connectivity index (χ0) is 10.1. The Kier molecular flexibility index (Phi) is 2.56. The van der Waals surface area contributed by atoms with Crippen LogP contribution in [0.4, 0.5) is 5.69 Å². The molecule has 1 aromatic heterocycles. The van der Waals surface area contributed by atoms with Gasteiger partial charge in [-0.3, -0.25) is 4.79 Å². The molecule has 0 aromatic carbocycles. The molecule has 0 spiro atoms. The van der Waals surface area contributed by atoms with Gasteiger partial charge in [0.1, 0.15) is 0 Å². The van der Waals surface area contributed by atoms with Crippen molar-refractivity contribution in [2.24, 2.45) is 0 Å². The Balaban J connectivity index is 2.42. The molecule has 4 heteroatoms. The highest BCUT2D eigenvalue weighted by atomic mass is 32.1. The number of hydrogen-bond acceptors (Lipinski definition) is 3. The molecule has 0 saturated carbocycles. The van der Waals surface area contributed by atoms with E-state index in [9.17, 15) is 4.79 Å². The third-order valence-corrected chi connectivity index (χ3v) is 3.74. The normalized spacial score (nSPS) is 22.0. The van der Waals surface area contributed by atoms with E-state index in [1.807, 2.05) is 25.5 Å². The van der Waals surface area contributed by atoms with Crippen molar-refractivity contribution < 1.29 is 4.79 Å². The van der Waals surface area contributed by atoms with E-state index in [0.29, 0.717) is 12.5 Å². The molecule has 2 heterocycles. The molecule has 0 radical (unpaired) electrons. The Morgan fingerprint density at radius 2 is 2.43 bits per heavy atom. The lowest BCUT2D eigenvalue weighted by Crippen LogP contribution is -2.24. The van der Waals surface area contributed by atoms with Crippen LogP contribution in [0.3, 0.4) is 0 Å². The van der Waals surface area contributed by atoms with Gasteiger partial charge in [0.15, 0.2) is 0 Å². The summed E-state index contributed by atoms with van der Waals surface area (Å²) >= 11 is 1.72. The lowest BCUT2D eigenvalue weighted by Gasteiger charge is -2.15. The van der Waals surface area contributed by atoms with Gasteiger partial charge in [-0.05, 0) is 24.9 Å². The Hall–Kier alpha value is -0.870. The van der Waals surface area contributed by atoms with Gasteiger partial charge in [-0.15, -0.1) is 11.3 Å². The van der Waals surface area contributed by atoms with E-state index >= 15 is 0 Å². The van der Waals surface area contributed by atoms with Crippen molar-refractivity contribution >= 4 is 22.9 Å². The number of carbonyl (C=O) groups excluding carboxylic acids is 1. The van der Waals surface area contributed by atoms with E-state index in [2.05, 4.69) is 5.32 Å². The lowest BCUT2D eigenvalue weighted by molar-refractivity contribution is -0.118. The van der Waals surface area contributed by atoms with Crippen LogP contribution in [0.5, 0.6) is 0 Å². The van der Waals surface area contributed by atoms with Gasteiger partial charge in [-0.2, -0.15) is 0 Å². The van der Waals surface area contributed by atoms with Gasteiger partial charge >= 0.3 is 0 Å². The summed E-state index contributed by atoms with van der Waals surface area (Å²) in [6.45, 7) is 0. The van der Waals surface area contributed by atoms with Gasteiger partial charge in [-0.1, -0.05) is 0 Å². The van der Waals surface area contributed by atoms with E-state index in [1.165, 1.54) is 4.88 Å². The van der Waals surface area contributed by atoms with Gasteiger partial charge in [-0.25, -0.2) is 0 Å². The van der Waals surface area contributed by atoms with Gasteiger partial charge in [0.2, 0.25) is 5.91 Å². The molecule has 1 aliphatic heterocycles. The average molecular weight is 210 g/mol. The molecule has 1 N–H and O–H groups in total. The number of fused-ring (bicyclic) bond motifs is 1. The van der Waals surface area contributed by atoms with Crippen LogP contribution in [0.25, 0.3) is 0 Å². The molecule has 3 nitrogen and oxygen atoms in total. The highest BCUT2D eigenvalue weighted by molar-refractivity contribution is 7.10. The maximum atomic E-state index is 11.6. The minimum atomic E-state index is 0.211. The second-order valence-electron chi connectivity index (χ2n) is 3.50. The molecule has 14 heavy (non-hydrogen) atoms. The maximum Gasteiger partial charge on any atom is 0.226 e. The van der Waals surface area contributed by atoms with Crippen molar-refractivity contribution in [3.63, 3.8) is 0 Å². The van der Waals surface area contributed by atoms with E-state index in [4.69, 9.17) is 0 Å². The average Bonchev–Trinajstić information content (AvgIpc) is 2.62. The van der Waals surface area contributed by atoms with Crippen LogP contribution in [0.15, 0.2) is 11.4 Å². The number of amides is 1. The summed E-state index contributed by atoms with van der Waals surface area (Å²) in [7, 11) is 3.80. The first-order chi connectivity index (χ1) is 6.74. The summed E-state index contributed by atoms with van der Waals surface area (Å²) in [5, 5.41) is 5.30. The first kappa shape index (κ1) is 9.68. The van der Waals surface area contributed by atoms with Crippen LogP contribution in [0.2, 0.25) is 0 Å².